The van der Waals surface area contributed by atoms with Crippen LogP contribution in [0.15, 0.2) is 12.2 Å². The first-order valence-electron chi connectivity index (χ1n) is 3.40. The normalized spacial score (nSPS) is 9.08. The molecular formula is C7H12N2O3. The molecule has 0 aliphatic heterocycles. The minimum Gasteiger partial charge on any atom is -0.478 e. The summed E-state index contributed by atoms with van der Waals surface area (Å²) in [7, 11) is 1.51. The molecule has 68 valence electrons. The maximum atomic E-state index is 10.6. The minimum atomic E-state index is -1.06. The average molecular weight is 172 g/mol. The number of amides is 1. The van der Waals surface area contributed by atoms with Gasteiger partial charge in [0, 0.05) is 19.2 Å². The molecule has 1 amide bonds. The van der Waals surface area contributed by atoms with Crippen molar-refractivity contribution in [1.29, 1.82) is 0 Å². The highest BCUT2D eigenvalue weighted by Gasteiger charge is 2.03. The van der Waals surface area contributed by atoms with E-state index in [-0.39, 0.29) is 24.6 Å². The number of carboxylic acid groups (broad SMARTS) is 1. The van der Waals surface area contributed by atoms with Crippen LogP contribution in [0.25, 0.3) is 0 Å². The predicted molar refractivity (Wildman–Crippen MR) is 43.7 cm³/mol. The molecule has 3 N–H and O–H groups in total. The summed E-state index contributed by atoms with van der Waals surface area (Å²) < 4.78 is 0. The Labute approximate surface area is 70.5 Å². The van der Waals surface area contributed by atoms with E-state index >= 15 is 0 Å². The number of likely N-dealkylation sites (N-methyl/N-ethyl adjacent to an activating group) is 1. The SMILES string of the molecule is C=C(CNCC(=O)NC)C(=O)O. The zero-order valence-electron chi connectivity index (χ0n) is 6.89. The van der Waals surface area contributed by atoms with E-state index in [1.165, 1.54) is 7.05 Å². The largest absolute Gasteiger partial charge is 0.478 e. The van der Waals surface area contributed by atoms with Gasteiger partial charge in [-0.3, -0.25) is 4.79 Å². The van der Waals surface area contributed by atoms with Crippen molar-refractivity contribution in [2.45, 2.75) is 0 Å². The summed E-state index contributed by atoms with van der Waals surface area (Å²) in [5.74, 6) is -1.24. The first-order chi connectivity index (χ1) is 5.57. The van der Waals surface area contributed by atoms with Crippen molar-refractivity contribution in [2.24, 2.45) is 0 Å². The van der Waals surface area contributed by atoms with Crippen molar-refractivity contribution in [3.8, 4) is 0 Å². The van der Waals surface area contributed by atoms with Gasteiger partial charge in [0.15, 0.2) is 0 Å². The van der Waals surface area contributed by atoms with Crippen LogP contribution in [-0.2, 0) is 9.59 Å². The van der Waals surface area contributed by atoms with E-state index in [4.69, 9.17) is 5.11 Å². The van der Waals surface area contributed by atoms with Gasteiger partial charge < -0.3 is 15.7 Å². The molecule has 0 heterocycles. The molecule has 0 saturated carbocycles. The fraction of sp³-hybridized carbons (Fsp3) is 0.429. The number of carbonyl (C=O) groups is 2. The van der Waals surface area contributed by atoms with Gasteiger partial charge in [-0.25, -0.2) is 4.79 Å². The summed E-state index contributed by atoms with van der Waals surface area (Å²) in [4.78, 5) is 20.8. The molecular weight excluding hydrogens is 160 g/mol. The lowest BCUT2D eigenvalue weighted by Crippen LogP contribution is -2.33. The van der Waals surface area contributed by atoms with Gasteiger partial charge in [-0.05, 0) is 0 Å². The van der Waals surface area contributed by atoms with Crippen LogP contribution in [0.5, 0.6) is 0 Å². The minimum absolute atomic E-state index is 0.0407. The highest BCUT2D eigenvalue weighted by molar-refractivity contribution is 5.86. The van der Waals surface area contributed by atoms with Gasteiger partial charge in [-0.1, -0.05) is 6.58 Å². The van der Waals surface area contributed by atoms with Crippen LogP contribution >= 0.6 is 0 Å². The summed E-state index contributed by atoms with van der Waals surface area (Å²) in [6.45, 7) is 3.50. The van der Waals surface area contributed by atoms with Gasteiger partial charge in [-0.15, -0.1) is 0 Å². The van der Waals surface area contributed by atoms with Crippen LogP contribution in [0.4, 0.5) is 0 Å². The zero-order valence-corrected chi connectivity index (χ0v) is 6.89. The third kappa shape index (κ3) is 4.45. The summed E-state index contributed by atoms with van der Waals surface area (Å²) in [5, 5.41) is 13.4. The van der Waals surface area contributed by atoms with Crippen LogP contribution < -0.4 is 10.6 Å². The first kappa shape index (κ1) is 10.6. The number of hydrogen-bond donors (Lipinski definition) is 3. The molecule has 12 heavy (non-hydrogen) atoms. The van der Waals surface area contributed by atoms with Crippen molar-refractivity contribution < 1.29 is 14.7 Å². The lowest BCUT2D eigenvalue weighted by Gasteiger charge is -2.02. The van der Waals surface area contributed by atoms with Crippen LogP contribution in [0.1, 0.15) is 0 Å². The maximum absolute atomic E-state index is 10.6. The van der Waals surface area contributed by atoms with Gasteiger partial charge >= 0.3 is 5.97 Å². The molecule has 5 heteroatoms. The van der Waals surface area contributed by atoms with E-state index in [2.05, 4.69) is 17.2 Å². The lowest BCUT2D eigenvalue weighted by molar-refractivity contribution is -0.132. The van der Waals surface area contributed by atoms with Crippen molar-refractivity contribution in [2.75, 3.05) is 20.1 Å². The molecule has 5 nitrogen and oxygen atoms in total. The Kier molecular flexibility index (Phi) is 4.71. The second-order valence-electron chi connectivity index (χ2n) is 2.19. The van der Waals surface area contributed by atoms with Crippen LogP contribution in [0, 0.1) is 0 Å². The van der Waals surface area contributed by atoms with Gasteiger partial charge in [0.2, 0.25) is 5.91 Å². The molecule has 0 radical (unpaired) electrons. The van der Waals surface area contributed by atoms with E-state index < -0.39 is 5.97 Å². The van der Waals surface area contributed by atoms with Crippen LogP contribution in [0.3, 0.4) is 0 Å². The predicted octanol–water partition coefficient (Wildman–Crippen LogP) is -1.04. The van der Waals surface area contributed by atoms with Gasteiger partial charge in [0.25, 0.3) is 0 Å². The molecule has 0 rings (SSSR count). The van der Waals surface area contributed by atoms with Crippen molar-refractivity contribution in [3.63, 3.8) is 0 Å². The van der Waals surface area contributed by atoms with Gasteiger partial charge in [0.1, 0.15) is 0 Å². The van der Waals surface area contributed by atoms with E-state index in [0.29, 0.717) is 0 Å². The Morgan fingerprint density at radius 3 is 2.42 bits per heavy atom. The molecule has 0 unspecified atom stereocenters. The Morgan fingerprint density at radius 2 is 2.00 bits per heavy atom. The lowest BCUT2D eigenvalue weighted by atomic mass is 10.3. The Bertz CT molecular complexity index is 201. The summed E-state index contributed by atoms with van der Waals surface area (Å²) >= 11 is 0. The number of aliphatic carboxylic acids is 1. The summed E-state index contributed by atoms with van der Waals surface area (Å²) in [6.07, 6.45) is 0. The highest BCUT2D eigenvalue weighted by Crippen LogP contribution is 1.84. The first-order valence-corrected chi connectivity index (χ1v) is 3.40. The Hall–Kier alpha value is -1.36. The fourth-order valence-electron chi connectivity index (χ4n) is 0.491. The fourth-order valence-corrected chi connectivity index (χ4v) is 0.491. The number of carbonyl (C=O) groups excluding carboxylic acids is 1. The average Bonchev–Trinajstić information content (AvgIpc) is 2.03. The van der Waals surface area contributed by atoms with Crippen molar-refractivity contribution >= 4 is 11.9 Å². The molecule has 0 atom stereocenters. The number of carboxylic acids is 1. The molecule has 0 aromatic heterocycles. The standard InChI is InChI=1S/C7H12N2O3/c1-5(7(11)12)3-9-4-6(10)8-2/h9H,1,3-4H2,2H3,(H,8,10)(H,11,12). The quantitative estimate of drug-likeness (QED) is 0.463. The highest BCUT2D eigenvalue weighted by atomic mass is 16.4. The topological polar surface area (TPSA) is 78.4 Å². The third-order valence-electron chi connectivity index (χ3n) is 1.21. The molecule has 0 aliphatic carbocycles. The van der Waals surface area contributed by atoms with E-state index in [1.807, 2.05) is 0 Å². The van der Waals surface area contributed by atoms with Gasteiger partial charge in [0.05, 0.1) is 6.54 Å². The van der Waals surface area contributed by atoms with E-state index in [1.54, 1.807) is 0 Å². The van der Waals surface area contributed by atoms with E-state index in [0.717, 1.165) is 0 Å². The summed E-state index contributed by atoms with van der Waals surface area (Å²) in [5.41, 5.74) is 0.0407. The molecule has 0 aromatic carbocycles. The second-order valence-corrected chi connectivity index (χ2v) is 2.19. The van der Waals surface area contributed by atoms with Crippen LogP contribution in [0.2, 0.25) is 0 Å². The number of hydrogen-bond acceptors (Lipinski definition) is 3. The Balaban J connectivity index is 3.50. The van der Waals surface area contributed by atoms with Crippen molar-refractivity contribution in [1.82, 2.24) is 10.6 Å². The molecule has 0 spiro atoms. The second kappa shape index (κ2) is 5.31. The van der Waals surface area contributed by atoms with E-state index in [9.17, 15) is 9.59 Å². The smallest absolute Gasteiger partial charge is 0.332 e. The molecule has 0 aromatic rings. The molecule has 0 fully saturated rings. The number of nitrogens with one attached hydrogen (secondary N) is 2. The molecule has 0 aliphatic rings. The Morgan fingerprint density at radius 1 is 1.42 bits per heavy atom. The maximum Gasteiger partial charge on any atom is 0.332 e. The molecule has 0 saturated heterocycles. The number of rotatable bonds is 5. The third-order valence-corrected chi connectivity index (χ3v) is 1.21. The van der Waals surface area contributed by atoms with Gasteiger partial charge in [-0.2, -0.15) is 0 Å². The van der Waals surface area contributed by atoms with Crippen molar-refractivity contribution in [3.05, 3.63) is 12.2 Å². The zero-order chi connectivity index (χ0) is 9.56. The molecule has 0 bridgehead atoms. The summed E-state index contributed by atoms with van der Waals surface area (Å²) in [6, 6.07) is 0. The van der Waals surface area contributed by atoms with Crippen LogP contribution in [-0.4, -0.2) is 37.1 Å². The monoisotopic (exact) mass is 172 g/mol.